The van der Waals surface area contributed by atoms with Crippen molar-refractivity contribution in [2.75, 3.05) is 11.5 Å². The second-order valence-electron chi connectivity index (χ2n) is 10.1. The van der Waals surface area contributed by atoms with Crippen molar-refractivity contribution < 1.29 is 24.7 Å². The lowest BCUT2D eigenvalue weighted by atomic mass is 10.3. The third-order valence-corrected chi connectivity index (χ3v) is 26.4. The predicted octanol–water partition coefficient (Wildman–Crippen LogP) is 0.875. The molecule has 0 saturated carbocycles. The van der Waals surface area contributed by atoms with Gasteiger partial charge in [0.25, 0.3) is 19.3 Å². The van der Waals surface area contributed by atoms with Gasteiger partial charge in [-0.3, -0.25) is 0 Å². The third-order valence-electron chi connectivity index (χ3n) is 5.29. The van der Waals surface area contributed by atoms with Gasteiger partial charge in [0.1, 0.15) is 10.5 Å². The average molecular weight is 603 g/mol. The highest BCUT2D eigenvalue weighted by Gasteiger charge is 2.48. The molecular weight excluding hydrogens is 561 g/mol. The van der Waals surface area contributed by atoms with E-state index < -0.39 is 53.3 Å². The van der Waals surface area contributed by atoms with Crippen molar-refractivity contribution in [2.24, 2.45) is 0 Å². The second-order valence-corrected chi connectivity index (χ2v) is 30.1. The Balaban J connectivity index is 2.33. The fourth-order valence-electron chi connectivity index (χ4n) is 4.06. The monoisotopic (exact) mass is 602 g/mol. The average Bonchev–Trinajstić information content (AvgIpc) is 2.70. The molecule has 0 amide bonds. The summed E-state index contributed by atoms with van der Waals surface area (Å²) in [4.78, 5) is 0. The lowest BCUT2D eigenvalue weighted by Crippen LogP contribution is -2.65. The Morgan fingerprint density at radius 1 is 0.714 bits per heavy atom. The first-order valence-corrected chi connectivity index (χ1v) is 26.6. The van der Waals surface area contributed by atoms with Crippen molar-refractivity contribution in [2.45, 2.75) is 52.4 Å². The summed E-state index contributed by atoms with van der Waals surface area (Å²) in [5.41, 5.74) is 13.4. The number of hydrogen-bond acceptors (Lipinski definition) is 8. The third kappa shape index (κ3) is 9.61. The molecule has 2 aromatic rings. The van der Waals surface area contributed by atoms with Gasteiger partial charge in [-0.1, -0.05) is 24.3 Å². The molecule has 35 heavy (non-hydrogen) atoms. The number of rotatable bonds is 13. The molecule has 0 radical (unpaired) electrons. The van der Waals surface area contributed by atoms with Crippen LogP contribution in [0.4, 0.5) is 11.4 Å². The molecule has 2 atom stereocenters. The minimum atomic E-state index is -2.93. The maximum absolute atomic E-state index is 7.04. The van der Waals surface area contributed by atoms with Crippen molar-refractivity contribution in [3.63, 3.8) is 0 Å². The highest BCUT2D eigenvalue weighted by atomic mass is 28.5. The van der Waals surface area contributed by atoms with Crippen LogP contribution in [0.1, 0.15) is 0 Å². The van der Waals surface area contributed by atoms with Gasteiger partial charge in [0.05, 0.1) is 0 Å². The molecule has 2 aromatic carbocycles. The molecule has 0 heterocycles. The highest BCUT2D eigenvalue weighted by molar-refractivity contribution is 6.98. The van der Waals surface area contributed by atoms with Crippen LogP contribution < -0.4 is 21.8 Å². The van der Waals surface area contributed by atoms with Crippen LogP contribution in [0.15, 0.2) is 48.5 Å². The van der Waals surface area contributed by atoms with Gasteiger partial charge in [0.2, 0.25) is 8.32 Å². The lowest BCUT2D eigenvalue weighted by molar-refractivity contribution is 0.292. The molecule has 0 aromatic heterocycles. The molecule has 0 bridgehead atoms. The summed E-state index contributed by atoms with van der Waals surface area (Å²) in [6.07, 6.45) is 0. The largest absolute Gasteiger partial charge is 0.449 e. The molecule has 4 N–H and O–H groups in total. The Morgan fingerprint density at radius 2 is 1.20 bits per heavy atom. The minimum absolute atomic E-state index is 0.698. The van der Waals surface area contributed by atoms with Crippen LogP contribution in [0.3, 0.4) is 0 Å². The molecule has 2 unspecified atom stereocenters. The summed E-state index contributed by atoms with van der Waals surface area (Å²) in [6, 6.07) is 15.8. The lowest BCUT2D eigenvalue weighted by Gasteiger charge is -2.42. The van der Waals surface area contributed by atoms with E-state index in [1.165, 1.54) is 0 Å². The Hall–Kier alpha value is -0.682. The molecule has 0 fully saturated rings. The van der Waals surface area contributed by atoms with Crippen LogP contribution in [0, 0.1) is 0 Å². The standard InChI is InChI=1S/C20H42N2O6Si7/c1-31(24-30-23-29)25-33(4,5)27-34(6,7)28-35(8,20-15-11-18(22)12-16-20)26-32(2,3)19-13-9-17(21)10-14-19/h9-16,31H,21-22,30H2,1-8,29H3. The minimum Gasteiger partial charge on any atom is -0.449 e. The maximum Gasteiger partial charge on any atom is 0.350 e. The van der Waals surface area contributed by atoms with Gasteiger partial charge in [0, 0.05) is 11.4 Å². The van der Waals surface area contributed by atoms with E-state index in [1.54, 1.807) is 0 Å². The number of benzene rings is 2. The van der Waals surface area contributed by atoms with Crippen molar-refractivity contribution in [1.29, 1.82) is 0 Å². The molecule has 0 aliphatic carbocycles. The zero-order chi connectivity index (χ0) is 26.5. The molecule has 8 nitrogen and oxygen atoms in total. The van der Waals surface area contributed by atoms with Gasteiger partial charge < -0.3 is 36.2 Å². The fourth-order valence-corrected chi connectivity index (χ4v) is 27.9. The molecule has 0 spiro atoms. The van der Waals surface area contributed by atoms with E-state index in [9.17, 15) is 0 Å². The van der Waals surface area contributed by atoms with Crippen LogP contribution in [-0.2, 0) is 24.7 Å². The van der Waals surface area contributed by atoms with E-state index in [0.29, 0.717) is 16.2 Å². The predicted molar refractivity (Wildman–Crippen MR) is 163 cm³/mol. The first-order valence-electron chi connectivity index (χ1n) is 11.7. The molecule has 0 saturated heterocycles. The Labute approximate surface area is 221 Å². The Kier molecular flexibility index (Phi) is 10.7. The first kappa shape index (κ1) is 30.5. The van der Waals surface area contributed by atoms with Gasteiger partial charge in [-0.25, -0.2) is 0 Å². The summed E-state index contributed by atoms with van der Waals surface area (Å²) in [7, 11) is -12.5. The molecule has 15 heteroatoms. The van der Waals surface area contributed by atoms with Crippen LogP contribution in [0.2, 0.25) is 52.4 Å². The zero-order valence-electron chi connectivity index (χ0n) is 22.5. The zero-order valence-corrected chi connectivity index (χ0v) is 31.1. The summed E-state index contributed by atoms with van der Waals surface area (Å²) < 4.78 is 38.1. The van der Waals surface area contributed by atoms with Crippen molar-refractivity contribution in [3.05, 3.63) is 48.5 Å². The molecule has 0 aliphatic heterocycles. The van der Waals surface area contributed by atoms with E-state index in [4.69, 9.17) is 36.2 Å². The van der Waals surface area contributed by atoms with E-state index in [1.807, 2.05) is 42.9 Å². The highest BCUT2D eigenvalue weighted by Crippen LogP contribution is 2.25. The molecular formula is C20H42N2O6Si7. The second kappa shape index (κ2) is 12.2. The van der Waals surface area contributed by atoms with E-state index >= 15 is 0 Å². The number of hydrogen-bond donors (Lipinski definition) is 2. The first-order chi connectivity index (χ1) is 16.1. The summed E-state index contributed by atoms with van der Waals surface area (Å²) in [5.74, 6) is 0. The maximum atomic E-state index is 7.04. The van der Waals surface area contributed by atoms with Crippen LogP contribution in [0.25, 0.3) is 0 Å². The number of nitrogens with two attached hydrogens (primary N) is 2. The number of nitrogen functional groups attached to an aromatic ring is 2. The van der Waals surface area contributed by atoms with Crippen molar-refractivity contribution in [1.82, 2.24) is 0 Å². The van der Waals surface area contributed by atoms with Crippen LogP contribution in [0.5, 0.6) is 0 Å². The Morgan fingerprint density at radius 3 is 1.69 bits per heavy atom. The quantitative estimate of drug-likeness (QED) is 0.257. The summed E-state index contributed by atoms with van der Waals surface area (Å²) in [5, 5.41) is 2.18. The topological polar surface area (TPSA) is 107 Å². The van der Waals surface area contributed by atoms with Gasteiger partial charge in [-0.15, -0.1) is 0 Å². The normalized spacial score (nSPS) is 16.0. The van der Waals surface area contributed by atoms with Crippen molar-refractivity contribution >= 4 is 85.5 Å². The molecule has 196 valence electrons. The smallest absolute Gasteiger partial charge is 0.350 e. The van der Waals surface area contributed by atoms with Crippen molar-refractivity contribution in [3.8, 4) is 0 Å². The van der Waals surface area contributed by atoms with Gasteiger partial charge >= 0.3 is 25.7 Å². The van der Waals surface area contributed by atoms with E-state index in [0.717, 1.165) is 16.1 Å². The molecule has 0 aliphatic rings. The fraction of sp³-hybridized carbons (Fsp3) is 0.400. The number of anilines is 2. The van der Waals surface area contributed by atoms with Gasteiger partial charge in [0.15, 0.2) is 0 Å². The molecule has 2 rings (SSSR count). The van der Waals surface area contributed by atoms with Gasteiger partial charge in [-0.05, 0) is 87.0 Å². The summed E-state index contributed by atoms with van der Waals surface area (Å²) in [6.45, 7) is 16.7. The van der Waals surface area contributed by atoms with Crippen LogP contribution in [-0.4, -0.2) is 63.8 Å². The Bertz CT molecular complexity index is 950. The summed E-state index contributed by atoms with van der Waals surface area (Å²) >= 11 is 0. The van der Waals surface area contributed by atoms with Gasteiger partial charge in [-0.2, -0.15) is 0 Å². The van der Waals surface area contributed by atoms with E-state index in [-0.39, 0.29) is 0 Å². The van der Waals surface area contributed by atoms with E-state index in [2.05, 4.69) is 58.0 Å². The van der Waals surface area contributed by atoms with Crippen LogP contribution >= 0.6 is 0 Å². The SMILES string of the molecule is C[SiH](O[SiH2]O[SiH3])O[Si](C)(C)O[Si](C)(C)O[Si](C)(O[Si](C)(C)c1ccc(N)cc1)c1ccc(N)cc1.